The van der Waals surface area contributed by atoms with Gasteiger partial charge in [0, 0.05) is 11.6 Å². The highest BCUT2D eigenvalue weighted by atomic mass is 16.3. The zero-order chi connectivity index (χ0) is 12.1. The largest absolute Gasteiger partial charge is 0.394 e. The van der Waals surface area contributed by atoms with Gasteiger partial charge in [0.25, 0.3) is 0 Å². The number of hydrogen-bond donors (Lipinski definition) is 2. The topological polar surface area (TPSA) is 32.3 Å². The minimum atomic E-state index is 0.0632. The Bertz CT molecular complexity index is 223. The van der Waals surface area contributed by atoms with Gasteiger partial charge in [0.1, 0.15) is 0 Å². The van der Waals surface area contributed by atoms with Crippen molar-refractivity contribution in [3.05, 3.63) is 0 Å². The molecule has 2 rings (SSSR count). The summed E-state index contributed by atoms with van der Waals surface area (Å²) in [5, 5.41) is 13.6. The molecule has 2 nitrogen and oxygen atoms in total. The number of aliphatic hydroxyl groups excluding tert-OH is 1. The van der Waals surface area contributed by atoms with E-state index in [1.807, 2.05) is 0 Å². The van der Waals surface area contributed by atoms with Crippen molar-refractivity contribution in [1.82, 2.24) is 5.32 Å². The van der Waals surface area contributed by atoms with Crippen molar-refractivity contribution in [3.8, 4) is 0 Å². The highest BCUT2D eigenvalue weighted by Gasteiger charge is 2.35. The highest BCUT2D eigenvalue weighted by molar-refractivity contribution is 4.95. The third-order valence-electron chi connectivity index (χ3n) is 5.04. The molecule has 0 aromatic rings. The molecule has 0 amide bonds. The van der Waals surface area contributed by atoms with Crippen molar-refractivity contribution in [2.75, 3.05) is 6.61 Å². The summed E-state index contributed by atoms with van der Waals surface area (Å²) in [7, 11) is 0. The van der Waals surface area contributed by atoms with Crippen molar-refractivity contribution >= 4 is 0 Å². The molecule has 0 radical (unpaired) electrons. The maximum Gasteiger partial charge on any atom is 0.0613 e. The predicted octanol–water partition coefficient (Wildman–Crippen LogP) is 3.24. The van der Waals surface area contributed by atoms with Crippen molar-refractivity contribution in [1.29, 1.82) is 0 Å². The van der Waals surface area contributed by atoms with E-state index in [-0.39, 0.29) is 5.54 Å². The standard InChI is InChI=1S/C15H29NO/c1-2-13-8-4-5-9-14(13)16-15(12-17)10-6-3-7-11-15/h13-14,16-17H,2-12H2,1H3. The average Bonchev–Trinajstić information content (AvgIpc) is 2.40. The molecule has 0 saturated heterocycles. The Morgan fingerprint density at radius 3 is 2.41 bits per heavy atom. The summed E-state index contributed by atoms with van der Waals surface area (Å²) in [4.78, 5) is 0. The van der Waals surface area contributed by atoms with Crippen LogP contribution < -0.4 is 5.32 Å². The lowest BCUT2D eigenvalue weighted by Crippen LogP contribution is -2.56. The van der Waals surface area contributed by atoms with Crippen LogP contribution >= 0.6 is 0 Å². The van der Waals surface area contributed by atoms with Gasteiger partial charge in [-0.2, -0.15) is 0 Å². The summed E-state index contributed by atoms with van der Waals surface area (Å²) in [6.45, 7) is 2.65. The molecule has 0 aliphatic heterocycles. The maximum atomic E-state index is 9.77. The summed E-state index contributed by atoms with van der Waals surface area (Å²) in [6, 6.07) is 0.666. The Morgan fingerprint density at radius 1 is 1.06 bits per heavy atom. The van der Waals surface area contributed by atoms with Crippen LogP contribution in [0.2, 0.25) is 0 Å². The molecule has 0 aromatic heterocycles. The van der Waals surface area contributed by atoms with E-state index < -0.39 is 0 Å². The van der Waals surface area contributed by atoms with Gasteiger partial charge in [-0.05, 0) is 31.6 Å². The lowest BCUT2D eigenvalue weighted by Gasteiger charge is -2.43. The van der Waals surface area contributed by atoms with Crippen LogP contribution in [-0.4, -0.2) is 23.3 Å². The van der Waals surface area contributed by atoms with E-state index >= 15 is 0 Å². The maximum absolute atomic E-state index is 9.77. The number of nitrogens with one attached hydrogen (secondary N) is 1. The minimum Gasteiger partial charge on any atom is -0.394 e. The third-order valence-corrected chi connectivity index (χ3v) is 5.04. The van der Waals surface area contributed by atoms with Gasteiger partial charge in [-0.3, -0.25) is 0 Å². The summed E-state index contributed by atoms with van der Waals surface area (Å²) < 4.78 is 0. The van der Waals surface area contributed by atoms with E-state index in [4.69, 9.17) is 0 Å². The lowest BCUT2D eigenvalue weighted by molar-refractivity contribution is 0.0862. The van der Waals surface area contributed by atoms with E-state index in [1.165, 1.54) is 64.2 Å². The smallest absolute Gasteiger partial charge is 0.0613 e. The quantitative estimate of drug-likeness (QED) is 0.789. The molecule has 0 heterocycles. The molecule has 2 saturated carbocycles. The first-order valence-electron chi connectivity index (χ1n) is 7.68. The second-order valence-electron chi connectivity index (χ2n) is 6.20. The fourth-order valence-corrected chi connectivity index (χ4v) is 3.86. The predicted molar refractivity (Wildman–Crippen MR) is 72.1 cm³/mol. The summed E-state index contributed by atoms with van der Waals surface area (Å²) in [5.41, 5.74) is 0.0632. The third kappa shape index (κ3) is 3.23. The second-order valence-corrected chi connectivity index (χ2v) is 6.20. The minimum absolute atomic E-state index is 0.0632. The van der Waals surface area contributed by atoms with Crippen molar-refractivity contribution in [3.63, 3.8) is 0 Å². The Morgan fingerprint density at radius 2 is 1.76 bits per heavy atom. The normalized spacial score (nSPS) is 33.5. The zero-order valence-electron chi connectivity index (χ0n) is 11.4. The van der Waals surface area contributed by atoms with E-state index in [9.17, 15) is 5.11 Å². The van der Waals surface area contributed by atoms with Gasteiger partial charge in [0.05, 0.1) is 6.61 Å². The van der Waals surface area contributed by atoms with Crippen LogP contribution in [0.4, 0.5) is 0 Å². The first-order valence-corrected chi connectivity index (χ1v) is 7.68. The van der Waals surface area contributed by atoms with Crippen LogP contribution in [0.15, 0.2) is 0 Å². The van der Waals surface area contributed by atoms with Crippen LogP contribution in [0.25, 0.3) is 0 Å². The first kappa shape index (κ1) is 13.4. The summed E-state index contributed by atoms with van der Waals surface area (Å²) in [6.07, 6.45) is 13.1. The molecular weight excluding hydrogens is 210 g/mol. The van der Waals surface area contributed by atoms with Crippen LogP contribution in [0.5, 0.6) is 0 Å². The van der Waals surface area contributed by atoms with Gasteiger partial charge in [0.2, 0.25) is 0 Å². The molecule has 100 valence electrons. The van der Waals surface area contributed by atoms with Crippen molar-refractivity contribution < 1.29 is 5.11 Å². The Balaban J connectivity index is 1.96. The van der Waals surface area contributed by atoms with E-state index in [0.717, 1.165) is 5.92 Å². The van der Waals surface area contributed by atoms with Crippen LogP contribution in [0.3, 0.4) is 0 Å². The molecule has 2 aliphatic carbocycles. The lowest BCUT2D eigenvalue weighted by atomic mass is 9.77. The number of rotatable bonds is 4. The molecular formula is C15H29NO. The molecule has 2 heteroatoms. The van der Waals surface area contributed by atoms with E-state index in [2.05, 4.69) is 12.2 Å². The molecule has 2 fully saturated rings. The fraction of sp³-hybridized carbons (Fsp3) is 1.00. The first-order chi connectivity index (χ1) is 8.29. The Kier molecular flexibility index (Phi) is 4.87. The van der Waals surface area contributed by atoms with Gasteiger partial charge in [-0.1, -0.05) is 45.4 Å². The van der Waals surface area contributed by atoms with E-state index in [1.54, 1.807) is 0 Å². The number of hydrogen-bond acceptors (Lipinski definition) is 2. The molecule has 2 atom stereocenters. The van der Waals surface area contributed by atoms with Crippen LogP contribution in [0.1, 0.15) is 71.1 Å². The fourth-order valence-electron chi connectivity index (χ4n) is 3.86. The van der Waals surface area contributed by atoms with Crippen LogP contribution in [0, 0.1) is 5.92 Å². The van der Waals surface area contributed by atoms with Gasteiger partial charge in [-0.15, -0.1) is 0 Å². The van der Waals surface area contributed by atoms with Crippen LogP contribution in [-0.2, 0) is 0 Å². The average molecular weight is 239 g/mol. The molecule has 0 spiro atoms. The zero-order valence-corrected chi connectivity index (χ0v) is 11.4. The van der Waals surface area contributed by atoms with Crippen molar-refractivity contribution in [2.45, 2.75) is 82.7 Å². The molecule has 0 bridgehead atoms. The highest BCUT2D eigenvalue weighted by Crippen LogP contribution is 2.33. The monoisotopic (exact) mass is 239 g/mol. The Labute approximate surface area is 106 Å². The summed E-state index contributed by atoms with van der Waals surface area (Å²) in [5.74, 6) is 0.842. The molecule has 2 aliphatic rings. The second kappa shape index (κ2) is 6.19. The SMILES string of the molecule is CCC1CCCCC1NC1(CO)CCCCC1. The molecule has 17 heavy (non-hydrogen) atoms. The summed E-state index contributed by atoms with van der Waals surface area (Å²) >= 11 is 0. The van der Waals surface area contributed by atoms with E-state index in [0.29, 0.717) is 12.6 Å². The van der Waals surface area contributed by atoms with Gasteiger partial charge < -0.3 is 10.4 Å². The van der Waals surface area contributed by atoms with Gasteiger partial charge >= 0.3 is 0 Å². The van der Waals surface area contributed by atoms with Crippen molar-refractivity contribution in [2.24, 2.45) is 5.92 Å². The number of aliphatic hydroxyl groups is 1. The Hall–Kier alpha value is -0.0800. The van der Waals surface area contributed by atoms with Gasteiger partial charge in [-0.25, -0.2) is 0 Å². The molecule has 2 unspecified atom stereocenters. The molecule has 0 aromatic carbocycles. The molecule has 2 N–H and O–H groups in total. The van der Waals surface area contributed by atoms with Gasteiger partial charge in [0.15, 0.2) is 0 Å².